The van der Waals surface area contributed by atoms with Crippen molar-refractivity contribution in [3.05, 3.63) is 24.0 Å². The molecular weight excluding hydrogens is 242 g/mol. The number of rotatable bonds is 4. The minimum Gasteiger partial charge on any atom is -0.393 e. The van der Waals surface area contributed by atoms with Gasteiger partial charge in [0.25, 0.3) is 5.91 Å². The average molecular weight is 263 g/mol. The van der Waals surface area contributed by atoms with Gasteiger partial charge in [0.1, 0.15) is 5.69 Å². The SMILES string of the molecule is CCNc1ccc(C(=O)N2CCC(C(C)O)C2)nc1. The molecule has 5 heteroatoms. The summed E-state index contributed by atoms with van der Waals surface area (Å²) in [5.41, 5.74) is 1.38. The predicted molar refractivity (Wildman–Crippen MR) is 74.1 cm³/mol. The lowest BCUT2D eigenvalue weighted by Gasteiger charge is -2.17. The smallest absolute Gasteiger partial charge is 0.272 e. The van der Waals surface area contributed by atoms with Crippen molar-refractivity contribution in [1.29, 1.82) is 0 Å². The number of amides is 1. The number of aliphatic hydroxyl groups is 1. The van der Waals surface area contributed by atoms with Crippen LogP contribution >= 0.6 is 0 Å². The van der Waals surface area contributed by atoms with Gasteiger partial charge in [-0.25, -0.2) is 4.98 Å². The molecule has 0 aromatic carbocycles. The van der Waals surface area contributed by atoms with Gasteiger partial charge in [0.05, 0.1) is 18.0 Å². The van der Waals surface area contributed by atoms with Crippen LogP contribution in [0, 0.1) is 5.92 Å². The van der Waals surface area contributed by atoms with Crippen LogP contribution in [0.5, 0.6) is 0 Å². The van der Waals surface area contributed by atoms with Crippen molar-refractivity contribution in [2.45, 2.75) is 26.4 Å². The first kappa shape index (κ1) is 13.8. The van der Waals surface area contributed by atoms with Gasteiger partial charge < -0.3 is 15.3 Å². The fraction of sp³-hybridized carbons (Fsp3) is 0.571. The van der Waals surface area contributed by atoms with Crippen LogP contribution in [-0.2, 0) is 0 Å². The van der Waals surface area contributed by atoms with E-state index in [1.807, 2.05) is 13.0 Å². The Bertz CT molecular complexity index is 431. The maximum absolute atomic E-state index is 12.2. The Balaban J connectivity index is 2.00. The number of hydrogen-bond donors (Lipinski definition) is 2. The molecular formula is C14H21N3O2. The van der Waals surface area contributed by atoms with E-state index in [1.165, 1.54) is 0 Å². The second-order valence-corrected chi connectivity index (χ2v) is 5.00. The Morgan fingerprint density at radius 1 is 1.63 bits per heavy atom. The highest BCUT2D eigenvalue weighted by molar-refractivity contribution is 5.92. The van der Waals surface area contributed by atoms with Gasteiger partial charge in [-0.05, 0) is 32.4 Å². The molecule has 19 heavy (non-hydrogen) atoms. The maximum atomic E-state index is 12.2. The first-order valence-electron chi connectivity index (χ1n) is 6.79. The number of likely N-dealkylation sites (tertiary alicyclic amines) is 1. The number of nitrogens with zero attached hydrogens (tertiary/aromatic N) is 2. The molecule has 104 valence electrons. The number of aromatic nitrogens is 1. The number of pyridine rings is 1. The van der Waals surface area contributed by atoms with Gasteiger partial charge in [-0.15, -0.1) is 0 Å². The molecule has 5 nitrogen and oxygen atoms in total. The zero-order chi connectivity index (χ0) is 13.8. The molecule has 2 rings (SSSR count). The number of carbonyl (C=O) groups is 1. The molecule has 1 aromatic rings. The van der Waals surface area contributed by atoms with E-state index in [-0.39, 0.29) is 17.9 Å². The molecule has 0 bridgehead atoms. The lowest BCUT2D eigenvalue weighted by Crippen LogP contribution is -2.31. The summed E-state index contributed by atoms with van der Waals surface area (Å²) in [5.74, 6) is 0.135. The monoisotopic (exact) mass is 263 g/mol. The fourth-order valence-corrected chi connectivity index (χ4v) is 2.36. The van der Waals surface area contributed by atoms with Crippen molar-refractivity contribution in [1.82, 2.24) is 9.88 Å². The Kier molecular flexibility index (Phi) is 4.37. The van der Waals surface area contributed by atoms with E-state index < -0.39 is 0 Å². The highest BCUT2D eigenvalue weighted by Gasteiger charge is 2.29. The summed E-state index contributed by atoms with van der Waals surface area (Å²) in [6.07, 6.45) is 2.18. The van der Waals surface area contributed by atoms with E-state index in [0.717, 1.165) is 18.7 Å². The maximum Gasteiger partial charge on any atom is 0.272 e. The third-order valence-corrected chi connectivity index (χ3v) is 3.56. The Labute approximate surface area is 113 Å². The van der Waals surface area contributed by atoms with Crippen molar-refractivity contribution >= 4 is 11.6 Å². The van der Waals surface area contributed by atoms with Crippen LogP contribution in [0.1, 0.15) is 30.8 Å². The molecule has 1 aromatic heterocycles. The minimum absolute atomic E-state index is 0.0498. The highest BCUT2D eigenvalue weighted by atomic mass is 16.3. The van der Waals surface area contributed by atoms with E-state index in [1.54, 1.807) is 24.1 Å². The average Bonchev–Trinajstić information content (AvgIpc) is 2.89. The Morgan fingerprint density at radius 2 is 2.42 bits per heavy atom. The molecule has 0 aliphatic carbocycles. The van der Waals surface area contributed by atoms with Gasteiger partial charge in [-0.3, -0.25) is 4.79 Å². The molecule has 0 radical (unpaired) electrons. The number of anilines is 1. The molecule has 2 N–H and O–H groups in total. The van der Waals surface area contributed by atoms with Crippen LogP contribution in [0.2, 0.25) is 0 Å². The number of hydrogen-bond acceptors (Lipinski definition) is 4. The molecule has 1 aliphatic rings. The van der Waals surface area contributed by atoms with Gasteiger partial charge in [0.2, 0.25) is 0 Å². The molecule has 2 heterocycles. The second-order valence-electron chi connectivity index (χ2n) is 5.00. The fourth-order valence-electron chi connectivity index (χ4n) is 2.36. The van der Waals surface area contributed by atoms with Gasteiger partial charge in [-0.1, -0.05) is 0 Å². The quantitative estimate of drug-likeness (QED) is 0.860. The van der Waals surface area contributed by atoms with Gasteiger partial charge in [0.15, 0.2) is 0 Å². The molecule has 1 amide bonds. The van der Waals surface area contributed by atoms with Crippen molar-refractivity contribution < 1.29 is 9.90 Å². The lowest BCUT2D eigenvalue weighted by atomic mass is 10.0. The van der Waals surface area contributed by atoms with Crippen molar-refractivity contribution in [3.8, 4) is 0 Å². The summed E-state index contributed by atoms with van der Waals surface area (Å²) in [6, 6.07) is 3.61. The van der Waals surface area contributed by atoms with E-state index >= 15 is 0 Å². The third-order valence-electron chi connectivity index (χ3n) is 3.56. The minimum atomic E-state index is -0.359. The third kappa shape index (κ3) is 3.23. The zero-order valence-corrected chi connectivity index (χ0v) is 11.5. The molecule has 2 unspecified atom stereocenters. The molecule has 1 aliphatic heterocycles. The first-order valence-corrected chi connectivity index (χ1v) is 6.79. The van der Waals surface area contributed by atoms with Gasteiger partial charge in [-0.2, -0.15) is 0 Å². The second kappa shape index (κ2) is 6.02. The summed E-state index contributed by atoms with van der Waals surface area (Å²) >= 11 is 0. The summed E-state index contributed by atoms with van der Waals surface area (Å²) in [7, 11) is 0. The Morgan fingerprint density at radius 3 is 2.95 bits per heavy atom. The van der Waals surface area contributed by atoms with Gasteiger partial charge in [0, 0.05) is 25.6 Å². The molecule has 2 atom stereocenters. The number of nitrogens with one attached hydrogen (secondary N) is 1. The van der Waals surface area contributed by atoms with Crippen LogP contribution in [0.25, 0.3) is 0 Å². The first-order chi connectivity index (χ1) is 9.11. The summed E-state index contributed by atoms with van der Waals surface area (Å²) in [5, 5.41) is 12.7. The summed E-state index contributed by atoms with van der Waals surface area (Å²) in [6.45, 7) is 5.94. The molecule has 1 fully saturated rings. The lowest BCUT2D eigenvalue weighted by molar-refractivity contribution is 0.0757. The predicted octanol–water partition coefficient (Wildman–Crippen LogP) is 1.36. The molecule has 0 saturated carbocycles. The van der Waals surface area contributed by atoms with Crippen LogP contribution in [0.15, 0.2) is 18.3 Å². The number of aliphatic hydroxyl groups excluding tert-OH is 1. The van der Waals surface area contributed by atoms with Crippen LogP contribution < -0.4 is 5.32 Å². The summed E-state index contributed by atoms with van der Waals surface area (Å²) in [4.78, 5) is 18.2. The van der Waals surface area contributed by atoms with Crippen molar-refractivity contribution in [2.24, 2.45) is 5.92 Å². The Hall–Kier alpha value is -1.62. The van der Waals surface area contributed by atoms with Crippen LogP contribution in [0.4, 0.5) is 5.69 Å². The van der Waals surface area contributed by atoms with E-state index in [4.69, 9.17) is 0 Å². The topological polar surface area (TPSA) is 65.5 Å². The normalized spacial score (nSPS) is 20.4. The zero-order valence-electron chi connectivity index (χ0n) is 11.5. The van der Waals surface area contributed by atoms with E-state index in [2.05, 4.69) is 10.3 Å². The van der Waals surface area contributed by atoms with E-state index in [9.17, 15) is 9.90 Å². The summed E-state index contributed by atoms with van der Waals surface area (Å²) < 4.78 is 0. The highest BCUT2D eigenvalue weighted by Crippen LogP contribution is 2.21. The van der Waals surface area contributed by atoms with Crippen molar-refractivity contribution in [2.75, 3.05) is 25.0 Å². The number of carbonyl (C=O) groups excluding carboxylic acids is 1. The van der Waals surface area contributed by atoms with Crippen molar-refractivity contribution in [3.63, 3.8) is 0 Å². The van der Waals surface area contributed by atoms with E-state index in [0.29, 0.717) is 18.8 Å². The largest absolute Gasteiger partial charge is 0.393 e. The van der Waals surface area contributed by atoms with Crippen LogP contribution in [0.3, 0.4) is 0 Å². The van der Waals surface area contributed by atoms with Crippen LogP contribution in [-0.4, -0.2) is 46.6 Å². The standard InChI is InChI=1S/C14H21N3O2/c1-3-15-12-4-5-13(16-8-12)14(19)17-7-6-11(9-17)10(2)18/h4-5,8,10-11,15,18H,3,6-7,9H2,1-2H3. The molecule has 0 spiro atoms. The molecule has 1 saturated heterocycles. The van der Waals surface area contributed by atoms with Gasteiger partial charge >= 0.3 is 0 Å².